The molecular weight excluding hydrogens is 574 g/mol. The van der Waals surface area contributed by atoms with E-state index in [-0.39, 0.29) is 41.2 Å². The number of hydrogen-bond acceptors (Lipinski definition) is 5. The van der Waals surface area contributed by atoms with Crippen LogP contribution in [0.5, 0.6) is 5.75 Å². The maximum atomic E-state index is 14.6. The Morgan fingerprint density at radius 2 is 1.45 bits per heavy atom. The molecule has 0 spiro atoms. The zero-order valence-electron chi connectivity index (χ0n) is 22.7. The van der Waals surface area contributed by atoms with Crippen LogP contribution in [0.4, 0.5) is 17.6 Å². The van der Waals surface area contributed by atoms with Gasteiger partial charge in [0.1, 0.15) is 12.4 Å². The Bertz CT molecular complexity index is 1690. The van der Waals surface area contributed by atoms with Gasteiger partial charge in [0.2, 0.25) is 10.0 Å². The Kier molecular flexibility index (Phi) is 9.64. The van der Waals surface area contributed by atoms with Crippen molar-refractivity contribution in [2.45, 2.75) is 31.4 Å². The lowest BCUT2D eigenvalue weighted by Crippen LogP contribution is -2.33. The lowest BCUT2D eigenvalue weighted by molar-refractivity contribution is 0.0599. The monoisotopic (exact) mass is 601 g/mol. The van der Waals surface area contributed by atoms with Crippen molar-refractivity contribution in [2.24, 2.45) is 0 Å². The quantitative estimate of drug-likeness (QED) is 0.148. The summed E-state index contributed by atoms with van der Waals surface area (Å²) in [5.74, 6) is -4.57. The Morgan fingerprint density at radius 3 is 2.10 bits per heavy atom. The number of carbonyl (C=O) groups is 1. The van der Waals surface area contributed by atoms with Crippen molar-refractivity contribution >= 4 is 16.0 Å². The summed E-state index contributed by atoms with van der Waals surface area (Å²) in [6.45, 7) is 0.852. The van der Waals surface area contributed by atoms with E-state index in [1.807, 2.05) is 0 Å². The first-order valence-electron chi connectivity index (χ1n) is 12.8. The summed E-state index contributed by atoms with van der Waals surface area (Å²) in [7, 11) is -3.11. The van der Waals surface area contributed by atoms with Gasteiger partial charge in [0.15, 0.2) is 23.3 Å². The van der Waals surface area contributed by atoms with Crippen LogP contribution in [0.15, 0.2) is 83.8 Å². The Hall–Kier alpha value is -4.22. The number of methoxy groups -OCH3 is 1. The highest BCUT2D eigenvalue weighted by atomic mass is 32.2. The highest BCUT2D eigenvalue weighted by Crippen LogP contribution is 2.25. The van der Waals surface area contributed by atoms with Crippen LogP contribution in [0, 0.1) is 30.2 Å². The minimum absolute atomic E-state index is 0.0518. The zero-order valence-corrected chi connectivity index (χ0v) is 23.6. The Balaban J connectivity index is 1.55. The van der Waals surface area contributed by atoms with Gasteiger partial charge in [-0.2, -0.15) is 4.31 Å². The number of halogens is 4. The van der Waals surface area contributed by atoms with Crippen LogP contribution in [-0.4, -0.2) is 32.3 Å². The van der Waals surface area contributed by atoms with Crippen LogP contribution in [-0.2, 0) is 34.3 Å². The number of hydrogen-bond donors (Lipinski definition) is 0. The maximum Gasteiger partial charge on any atom is 0.338 e. The minimum Gasteiger partial charge on any atom is -0.489 e. The summed E-state index contributed by atoms with van der Waals surface area (Å²) in [6.07, 6.45) is 0.185. The van der Waals surface area contributed by atoms with Crippen molar-refractivity contribution in [2.75, 3.05) is 13.7 Å². The van der Waals surface area contributed by atoms with Gasteiger partial charge in [0.25, 0.3) is 0 Å². The zero-order chi connectivity index (χ0) is 30.4. The average molecular weight is 602 g/mol. The van der Waals surface area contributed by atoms with E-state index in [4.69, 9.17) is 9.47 Å². The first-order chi connectivity index (χ1) is 20.0. The molecule has 4 rings (SSSR count). The van der Waals surface area contributed by atoms with Crippen molar-refractivity contribution < 1.29 is 40.2 Å². The summed E-state index contributed by atoms with van der Waals surface area (Å²) in [6, 6.07) is 17.8. The fourth-order valence-corrected chi connectivity index (χ4v) is 5.66. The van der Waals surface area contributed by atoms with Crippen molar-refractivity contribution in [1.29, 1.82) is 0 Å². The minimum atomic E-state index is -4.29. The van der Waals surface area contributed by atoms with Crippen molar-refractivity contribution in [3.8, 4) is 5.75 Å². The first-order valence-corrected chi connectivity index (χ1v) is 14.2. The SMILES string of the molecule is COC(=O)c1cc(S(=O)(=O)N(CCc2ccc(OCc3cccc(F)c3F)cc2)Cc2cccc(F)c2F)ccc1C. The second-order valence-corrected chi connectivity index (χ2v) is 11.4. The van der Waals surface area contributed by atoms with Crippen LogP contribution in [0.3, 0.4) is 0 Å². The molecule has 42 heavy (non-hydrogen) atoms. The number of ether oxygens (including phenoxy) is 2. The van der Waals surface area contributed by atoms with Gasteiger partial charge in [-0.15, -0.1) is 0 Å². The second-order valence-electron chi connectivity index (χ2n) is 9.42. The Labute approximate surface area is 241 Å². The lowest BCUT2D eigenvalue weighted by atomic mass is 10.1. The van der Waals surface area contributed by atoms with Crippen molar-refractivity contribution in [3.05, 3.63) is 130 Å². The molecule has 0 aromatic heterocycles. The standard InChI is InChI=1S/C31H27F4NO5S/c1-20-9-14-25(17-26(20)31(37)40-2)42(38,39)36(18-22-5-3-7-27(32)29(22)34)16-15-21-10-12-24(13-11-21)41-19-23-6-4-8-28(33)30(23)35/h3-14,17H,15-16,18-19H2,1-2H3. The highest BCUT2D eigenvalue weighted by molar-refractivity contribution is 7.89. The van der Waals surface area contributed by atoms with E-state index in [9.17, 15) is 30.8 Å². The van der Waals surface area contributed by atoms with Crippen LogP contribution in [0.1, 0.15) is 32.6 Å². The van der Waals surface area contributed by atoms with Gasteiger partial charge in [0.05, 0.1) is 17.6 Å². The number of rotatable bonds is 11. The summed E-state index contributed by atoms with van der Waals surface area (Å²) < 4.78 is 94.6. The van der Waals surface area contributed by atoms with E-state index >= 15 is 0 Å². The third-order valence-corrected chi connectivity index (χ3v) is 8.47. The molecule has 0 saturated heterocycles. The van der Waals surface area contributed by atoms with Crippen LogP contribution >= 0.6 is 0 Å². The Morgan fingerprint density at radius 1 is 0.833 bits per heavy atom. The topological polar surface area (TPSA) is 72.9 Å². The number of carbonyl (C=O) groups excluding carboxylic acids is 1. The molecule has 6 nitrogen and oxygen atoms in total. The number of sulfonamides is 1. The van der Waals surface area contributed by atoms with E-state index in [2.05, 4.69) is 0 Å². The summed E-state index contributed by atoms with van der Waals surface area (Å²) >= 11 is 0. The molecule has 0 heterocycles. The molecule has 0 N–H and O–H groups in total. The third kappa shape index (κ3) is 6.97. The van der Waals surface area contributed by atoms with E-state index in [0.29, 0.717) is 16.9 Å². The maximum absolute atomic E-state index is 14.6. The molecule has 0 aliphatic heterocycles. The highest BCUT2D eigenvalue weighted by Gasteiger charge is 2.27. The average Bonchev–Trinajstić information content (AvgIpc) is 2.98. The lowest BCUT2D eigenvalue weighted by Gasteiger charge is -2.23. The fraction of sp³-hybridized carbons (Fsp3) is 0.194. The fourth-order valence-electron chi connectivity index (χ4n) is 4.21. The molecule has 4 aromatic carbocycles. The predicted octanol–water partition coefficient (Wildman–Crippen LogP) is 6.35. The molecule has 0 saturated carbocycles. The number of esters is 1. The van der Waals surface area contributed by atoms with E-state index in [0.717, 1.165) is 16.4 Å². The van der Waals surface area contributed by atoms with E-state index in [1.165, 1.54) is 49.6 Å². The van der Waals surface area contributed by atoms with Crippen LogP contribution < -0.4 is 4.74 Å². The van der Waals surface area contributed by atoms with Gasteiger partial charge in [-0.3, -0.25) is 0 Å². The van der Waals surface area contributed by atoms with Gasteiger partial charge >= 0.3 is 5.97 Å². The molecule has 0 bridgehead atoms. The van der Waals surface area contributed by atoms with Crippen molar-refractivity contribution in [1.82, 2.24) is 4.31 Å². The first kappa shape index (κ1) is 30.7. The van der Waals surface area contributed by atoms with Gasteiger partial charge in [0, 0.05) is 24.2 Å². The third-order valence-electron chi connectivity index (χ3n) is 6.63. The van der Waals surface area contributed by atoms with Gasteiger partial charge < -0.3 is 9.47 Å². The molecule has 0 amide bonds. The number of benzene rings is 4. The molecule has 0 atom stereocenters. The molecule has 0 unspecified atom stereocenters. The second kappa shape index (κ2) is 13.2. The van der Waals surface area contributed by atoms with E-state index < -0.39 is 45.8 Å². The molecule has 11 heteroatoms. The summed E-state index contributed by atoms with van der Waals surface area (Å²) in [5, 5.41) is 0. The van der Waals surface area contributed by atoms with Gasteiger partial charge in [-0.1, -0.05) is 42.5 Å². The molecule has 0 radical (unpaired) electrons. The molecule has 0 fully saturated rings. The summed E-state index contributed by atoms with van der Waals surface area (Å²) in [5.41, 5.74) is 1.15. The molecule has 0 aliphatic carbocycles. The number of nitrogens with zero attached hydrogens (tertiary/aromatic N) is 1. The number of aryl methyl sites for hydroxylation is 1. The van der Waals surface area contributed by atoms with E-state index in [1.54, 1.807) is 31.2 Å². The summed E-state index contributed by atoms with van der Waals surface area (Å²) in [4.78, 5) is 12.0. The predicted molar refractivity (Wildman–Crippen MR) is 147 cm³/mol. The van der Waals surface area contributed by atoms with Gasteiger partial charge in [-0.05, 0) is 60.9 Å². The van der Waals surface area contributed by atoms with Gasteiger partial charge in [-0.25, -0.2) is 30.8 Å². The molecule has 0 aliphatic rings. The molecule has 4 aromatic rings. The molecule has 220 valence electrons. The van der Waals surface area contributed by atoms with Crippen LogP contribution in [0.25, 0.3) is 0 Å². The largest absolute Gasteiger partial charge is 0.489 e. The van der Waals surface area contributed by atoms with Crippen molar-refractivity contribution in [3.63, 3.8) is 0 Å². The smallest absolute Gasteiger partial charge is 0.338 e. The molecular formula is C31H27F4NO5S. The normalized spacial score (nSPS) is 11.5. The van der Waals surface area contributed by atoms with Crippen LogP contribution in [0.2, 0.25) is 0 Å².